The molecular weight excluding hydrogens is 339 g/mol. The van der Waals surface area contributed by atoms with Crippen LogP contribution in [0.1, 0.15) is 29.9 Å². The fourth-order valence-corrected chi connectivity index (χ4v) is 2.85. The standard InChI is InChI=1S/C17H14F3NO2S/c18-17(19,20)13-5-3-4-11(8-13)14-9-12(14)10-16(22)23-21-7-2-1-6-15(21)24/h1-8,12,14H,9-10H2/t12-,14-/m1/s1. The summed E-state index contributed by atoms with van der Waals surface area (Å²) in [6.45, 7) is 0. The van der Waals surface area contributed by atoms with Gasteiger partial charge in [-0.2, -0.15) is 17.9 Å². The highest BCUT2D eigenvalue weighted by molar-refractivity contribution is 7.71. The van der Waals surface area contributed by atoms with E-state index >= 15 is 0 Å². The third kappa shape index (κ3) is 3.84. The normalized spacial score (nSPS) is 19.8. The number of benzene rings is 1. The minimum Gasteiger partial charge on any atom is -0.336 e. The van der Waals surface area contributed by atoms with Crippen molar-refractivity contribution in [3.05, 3.63) is 64.4 Å². The van der Waals surface area contributed by atoms with E-state index in [1.54, 1.807) is 24.3 Å². The minimum atomic E-state index is -4.36. The number of alkyl halides is 3. The molecule has 0 unspecified atom stereocenters. The van der Waals surface area contributed by atoms with E-state index in [2.05, 4.69) is 0 Å². The summed E-state index contributed by atoms with van der Waals surface area (Å²) in [5.74, 6) is -0.487. The van der Waals surface area contributed by atoms with Gasteiger partial charge >= 0.3 is 12.1 Å². The van der Waals surface area contributed by atoms with E-state index in [1.807, 2.05) is 0 Å². The van der Waals surface area contributed by atoms with Crippen LogP contribution < -0.4 is 4.84 Å². The van der Waals surface area contributed by atoms with Crippen molar-refractivity contribution in [1.29, 1.82) is 0 Å². The topological polar surface area (TPSA) is 31.2 Å². The van der Waals surface area contributed by atoms with Crippen molar-refractivity contribution in [3.63, 3.8) is 0 Å². The highest BCUT2D eigenvalue weighted by Gasteiger charge is 2.41. The minimum absolute atomic E-state index is 0.00105. The summed E-state index contributed by atoms with van der Waals surface area (Å²) in [6.07, 6.45) is -1.99. The Morgan fingerprint density at radius 1 is 1.25 bits per heavy atom. The zero-order valence-corrected chi connectivity index (χ0v) is 13.3. The summed E-state index contributed by atoms with van der Waals surface area (Å²) in [7, 11) is 0. The Kier molecular flexibility index (Phi) is 4.45. The zero-order valence-electron chi connectivity index (χ0n) is 12.5. The number of hydrogen-bond donors (Lipinski definition) is 0. The molecule has 126 valence electrons. The second kappa shape index (κ2) is 6.39. The molecule has 0 N–H and O–H groups in total. The molecule has 0 bridgehead atoms. The van der Waals surface area contributed by atoms with Gasteiger partial charge in [0, 0.05) is 6.20 Å². The molecule has 2 atom stereocenters. The maximum atomic E-state index is 12.8. The molecule has 3 nitrogen and oxygen atoms in total. The van der Waals surface area contributed by atoms with Crippen LogP contribution in [-0.2, 0) is 11.0 Å². The Balaban J connectivity index is 1.61. The predicted octanol–water partition coefficient (Wildman–Crippen LogP) is 4.39. The first-order valence-corrected chi connectivity index (χ1v) is 7.81. The summed E-state index contributed by atoms with van der Waals surface area (Å²) in [6, 6.07) is 10.3. The van der Waals surface area contributed by atoms with Crippen LogP contribution in [0.15, 0.2) is 48.7 Å². The fourth-order valence-electron chi connectivity index (χ4n) is 2.68. The summed E-state index contributed by atoms with van der Waals surface area (Å²) < 4.78 is 39.8. The molecule has 3 rings (SSSR count). The fraction of sp³-hybridized carbons (Fsp3) is 0.294. The molecule has 0 amide bonds. The lowest BCUT2D eigenvalue weighted by atomic mass is 10.0. The van der Waals surface area contributed by atoms with Gasteiger partial charge in [-0.25, -0.2) is 4.79 Å². The first-order valence-electron chi connectivity index (χ1n) is 7.40. The van der Waals surface area contributed by atoms with Crippen molar-refractivity contribution in [1.82, 2.24) is 4.73 Å². The first-order chi connectivity index (χ1) is 11.3. The van der Waals surface area contributed by atoms with E-state index < -0.39 is 17.7 Å². The van der Waals surface area contributed by atoms with E-state index in [0.717, 1.165) is 12.1 Å². The number of halogens is 3. The zero-order chi connectivity index (χ0) is 17.3. The van der Waals surface area contributed by atoms with Gasteiger partial charge in [-0.05, 0) is 42.0 Å². The molecule has 1 fully saturated rings. The molecule has 7 heteroatoms. The van der Waals surface area contributed by atoms with E-state index in [0.29, 0.717) is 16.6 Å². The van der Waals surface area contributed by atoms with Gasteiger partial charge in [0.1, 0.15) is 4.64 Å². The Bertz CT molecular complexity index is 816. The maximum absolute atomic E-state index is 12.8. The van der Waals surface area contributed by atoms with Gasteiger partial charge in [-0.1, -0.05) is 36.5 Å². The lowest BCUT2D eigenvalue weighted by Crippen LogP contribution is -2.20. The summed E-state index contributed by atoms with van der Waals surface area (Å²) >= 11 is 5.03. The number of rotatable bonds is 4. The highest BCUT2D eigenvalue weighted by Crippen LogP contribution is 2.50. The van der Waals surface area contributed by atoms with Gasteiger partial charge in [0.25, 0.3) is 0 Å². The number of hydrogen-bond acceptors (Lipinski definition) is 3. The molecule has 1 saturated carbocycles. The third-order valence-electron chi connectivity index (χ3n) is 3.98. The maximum Gasteiger partial charge on any atom is 0.416 e. The SMILES string of the molecule is O=C(C[C@H]1C[C@@H]1c1cccc(C(F)(F)F)c1)On1ccccc1=S. The van der Waals surface area contributed by atoms with E-state index in [9.17, 15) is 18.0 Å². The molecule has 24 heavy (non-hydrogen) atoms. The van der Waals surface area contributed by atoms with Gasteiger partial charge < -0.3 is 4.84 Å². The van der Waals surface area contributed by atoms with Crippen molar-refractivity contribution in [2.75, 3.05) is 0 Å². The predicted molar refractivity (Wildman–Crippen MR) is 83.8 cm³/mol. The molecule has 0 saturated heterocycles. The number of aromatic nitrogens is 1. The molecule has 1 aromatic carbocycles. The molecule has 0 spiro atoms. The molecule has 0 aliphatic heterocycles. The molecule has 2 aromatic rings. The van der Waals surface area contributed by atoms with E-state index in [1.165, 1.54) is 17.0 Å². The quantitative estimate of drug-likeness (QED) is 0.764. The number of nitrogens with zero attached hydrogens (tertiary/aromatic N) is 1. The Labute approximate surface area is 141 Å². The monoisotopic (exact) mass is 353 g/mol. The van der Waals surface area contributed by atoms with Crippen LogP contribution in [0.4, 0.5) is 13.2 Å². The van der Waals surface area contributed by atoms with Crippen LogP contribution in [0.25, 0.3) is 0 Å². The molecule has 1 aliphatic carbocycles. The molecule has 1 aromatic heterocycles. The Morgan fingerprint density at radius 2 is 2.04 bits per heavy atom. The second-order valence-electron chi connectivity index (χ2n) is 5.76. The van der Waals surface area contributed by atoms with Crippen LogP contribution in [0.3, 0.4) is 0 Å². The van der Waals surface area contributed by atoms with Gasteiger partial charge in [0.15, 0.2) is 0 Å². The smallest absolute Gasteiger partial charge is 0.336 e. The molecule has 0 radical (unpaired) electrons. The average molecular weight is 353 g/mol. The number of carbonyl (C=O) groups excluding carboxylic acids is 1. The number of pyridine rings is 1. The summed E-state index contributed by atoms with van der Waals surface area (Å²) in [4.78, 5) is 17.1. The Hall–Kier alpha value is -2.15. The molecular formula is C17H14F3NO2S. The lowest BCUT2D eigenvalue weighted by Gasteiger charge is -2.09. The average Bonchev–Trinajstić information content (AvgIpc) is 3.28. The largest absolute Gasteiger partial charge is 0.416 e. The van der Waals surface area contributed by atoms with Crippen LogP contribution in [-0.4, -0.2) is 10.7 Å². The van der Waals surface area contributed by atoms with Gasteiger partial charge in [-0.3, -0.25) is 0 Å². The van der Waals surface area contributed by atoms with Gasteiger partial charge in [0.05, 0.1) is 12.0 Å². The van der Waals surface area contributed by atoms with Crippen molar-refractivity contribution < 1.29 is 22.8 Å². The van der Waals surface area contributed by atoms with Crippen LogP contribution >= 0.6 is 12.2 Å². The first kappa shape index (κ1) is 16.7. The van der Waals surface area contributed by atoms with E-state index in [4.69, 9.17) is 17.1 Å². The highest BCUT2D eigenvalue weighted by atomic mass is 32.1. The number of carbonyl (C=O) groups is 1. The molecule has 1 heterocycles. The van der Waals surface area contributed by atoms with Gasteiger partial charge in [-0.15, -0.1) is 0 Å². The second-order valence-corrected chi connectivity index (χ2v) is 6.18. The lowest BCUT2D eigenvalue weighted by molar-refractivity contribution is -0.145. The van der Waals surface area contributed by atoms with Crippen LogP contribution in [0.2, 0.25) is 0 Å². The third-order valence-corrected chi connectivity index (χ3v) is 4.30. The van der Waals surface area contributed by atoms with Gasteiger partial charge in [0.2, 0.25) is 0 Å². The van der Waals surface area contributed by atoms with Crippen LogP contribution in [0, 0.1) is 10.6 Å². The van der Waals surface area contributed by atoms with Crippen molar-refractivity contribution in [3.8, 4) is 0 Å². The van der Waals surface area contributed by atoms with E-state index in [-0.39, 0.29) is 18.3 Å². The van der Waals surface area contributed by atoms with Crippen molar-refractivity contribution >= 4 is 18.2 Å². The van der Waals surface area contributed by atoms with Crippen molar-refractivity contribution in [2.45, 2.75) is 24.9 Å². The Morgan fingerprint density at radius 3 is 2.75 bits per heavy atom. The summed E-state index contributed by atoms with van der Waals surface area (Å²) in [5, 5.41) is 0. The summed E-state index contributed by atoms with van der Waals surface area (Å²) in [5.41, 5.74) is -0.0530. The van der Waals surface area contributed by atoms with Crippen molar-refractivity contribution in [2.24, 2.45) is 5.92 Å². The van der Waals surface area contributed by atoms with Crippen LogP contribution in [0.5, 0.6) is 0 Å². The molecule has 1 aliphatic rings.